The minimum Gasteiger partial charge on any atom is -0.342 e. The Kier molecular flexibility index (Phi) is 5.05. The summed E-state index contributed by atoms with van der Waals surface area (Å²) in [6.45, 7) is 0.166. The van der Waals surface area contributed by atoms with Crippen LogP contribution in [0.1, 0.15) is 5.56 Å². The Labute approximate surface area is 149 Å². The molecule has 0 bridgehead atoms. The Bertz CT molecular complexity index is 867. The van der Waals surface area contributed by atoms with Gasteiger partial charge in [0.15, 0.2) is 0 Å². The molecule has 0 N–H and O–H groups in total. The van der Waals surface area contributed by atoms with Gasteiger partial charge in [0, 0.05) is 30.1 Å². The van der Waals surface area contributed by atoms with Crippen molar-refractivity contribution in [1.29, 1.82) is 0 Å². The number of non-ortho nitro benzene ring substituents is 1. The van der Waals surface area contributed by atoms with Crippen LogP contribution in [0.5, 0.6) is 0 Å². The number of ether oxygens (including phenoxy) is 2. The molecule has 1 aromatic carbocycles. The summed E-state index contributed by atoms with van der Waals surface area (Å²) in [5.74, 6) is -1.23. The van der Waals surface area contributed by atoms with E-state index < -0.39 is 26.9 Å². The Balaban J connectivity index is 1.85. The zero-order valence-electron chi connectivity index (χ0n) is 13.8. The number of hydrogen-bond donors (Lipinski definition) is 0. The first-order chi connectivity index (χ1) is 12.3. The number of benzene rings is 1. The van der Waals surface area contributed by atoms with E-state index in [0.29, 0.717) is 5.56 Å². The van der Waals surface area contributed by atoms with Crippen molar-refractivity contribution in [2.45, 2.75) is 18.4 Å². The van der Waals surface area contributed by atoms with Crippen LogP contribution < -0.4 is 0 Å². The molecule has 0 aliphatic carbocycles. The van der Waals surface area contributed by atoms with Gasteiger partial charge in [0.05, 0.1) is 37.3 Å². The van der Waals surface area contributed by atoms with Crippen molar-refractivity contribution in [3.05, 3.63) is 58.7 Å². The fraction of sp³-hybridized carbons (Fsp3) is 0.400. The Morgan fingerprint density at radius 1 is 1.42 bits per heavy atom. The molecule has 0 radical (unpaired) electrons. The average Bonchev–Trinajstić information content (AvgIpc) is 3.23. The van der Waals surface area contributed by atoms with E-state index in [0.717, 1.165) is 6.26 Å². The van der Waals surface area contributed by atoms with Crippen molar-refractivity contribution in [3.8, 4) is 0 Å². The summed E-state index contributed by atoms with van der Waals surface area (Å²) < 4.78 is 40.7. The second kappa shape index (κ2) is 7.11. The van der Waals surface area contributed by atoms with Crippen LogP contribution in [0.4, 0.5) is 5.69 Å². The zero-order chi connectivity index (χ0) is 18.8. The van der Waals surface area contributed by atoms with Crippen molar-refractivity contribution in [1.82, 2.24) is 9.55 Å². The van der Waals surface area contributed by atoms with Crippen LogP contribution in [0, 0.1) is 10.1 Å². The quantitative estimate of drug-likeness (QED) is 0.395. The molecule has 10 nitrogen and oxygen atoms in total. The molecule has 2 unspecified atom stereocenters. The van der Waals surface area contributed by atoms with E-state index in [2.05, 4.69) is 4.98 Å². The van der Waals surface area contributed by atoms with Gasteiger partial charge < -0.3 is 14.0 Å². The van der Waals surface area contributed by atoms with Gasteiger partial charge in [-0.05, 0) is 12.1 Å². The normalized spacial score (nSPS) is 23.2. The summed E-state index contributed by atoms with van der Waals surface area (Å²) in [7, 11) is -3.60. The Morgan fingerprint density at radius 2 is 2.15 bits per heavy atom. The van der Waals surface area contributed by atoms with E-state index >= 15 is 0 Å². The summed E-state index contributed by atoms with van der Waals surface area (Å²) in [6.07, 6.45) is 5.25. The minimum absolute atomic E-state index is 0.0542. The lowest BCUT2D eigenvalue weighted by Crippen LogP contribution is -2.34. The standard InChI is InChI=1S/C15H17N3O7S/c1-26(21,22)24-9-14-8-23-15(25-14,10-17-7-6-16-11-17)12-2-4-13(5-3-12)18(19)20/h2-7,11,14H,8-10H2,1H3. The number of nitro groups is 1. The van der Waals surface area contributed by atoms with E-state index in [9.17, 15) is 18.5 Å². The maximum atomic E-state index is 11.2. The fourth-order valence-corrected chi connectivity index (χ4v) is 3.03. The molecule has 2 aromatic rings. The van der Waals surface area contributed by atoms with Crippen LogP contribution in [0.3, 0.4) is 0 Å². The van der Waals surface area contributed by atoms with E-state index in [4.69, 9.17) is 13.7 Å². The molecule has 1 aliphatic heterocycles. The first kappa shape index (κ1) is 18.5. The van der Waals surface area contributed by atoms with Gasteiger partial charge in [-0.1, -0.05) is 0 Å². The third kappa shape index (κ3) is 4.25. The summed E-state index contributed by atoms with van der Waals surface area (Å²) >= 11 is 0. The van der Waals surface area contributed by atoms with Gasteiger partial charge in [0.25, 0.3) is 15.8 Å². The van der Waals surface area contributed by atoms with Gasteiger partial charge in [-0.2, -0.15) is 8.42 Å². The molecular weight excluding hydrogens is 366 g/mol. The lowest BCUT2D eigenvalue weighted by Gasteiger charge is -2.29. The Morgan fingerprint density at radius 3 is 2.73 bits per heavy atom. The van der Waals surface area contributed by atoms with Gasteiger partial charge in [-0.3, -0.25) is 14.3 Å². The second-order valence-corrected chi connectivity index (χ2v) is 7.48. The smallest absolute Gasteiger partial charge is 0.269 e. The minimum atomic E-state index is -3.60. The summed E-state index contributed by atoms with van der Waals surface area (Å²) in [6, 6.07) is 5.82. The SMILES string of the molecule is CS(=O)(=O)OCC1COC(Cn2ccnc2)(c2ccc([N+](=O)[O-])cc2)O1. The van der Waals surface area contributed by atoms with E-state index in [1.54, 1.807) is 35.4 Å². The van der Waals surface area contributed by atoms with Crippen molar-refractivity contribution in [3.63, 3.8) is 0 Å². The van der Waals surface area contributed by atoms with Crippen molar-refractivity contribution < 1.29 is 27.0 Å². The monoisotopic (exact) mass is 383 g/mol. The van der Waals surface area contributed by atoms with Crippen LogP contribution >= 0.6 is 0 Å². The van der Waals surface area contributed by atoms with Gasteiger partial charge in [0.2, 0.25) is 5.79 Å². The molecule has 2 heterocycles. The largest absolute Gasteiger partial charge is 0.342 e. The average molecular weight is 383 g/mol. The van der Waals surface area contributed by atoms with Crippen LogP contribution in [-0.4, -0.2) is 48.5 Å². The lowest BCUT2D eigenvalue weighted by molar-refractivity contribution is -0.384. The first-order valence-electron chi connectivity index (χ1n) is 7.64. The van der Waals surface area contributed by atoms with E-state index in [-0.39, 0.29) is 25.4 Å². The molecule has 11 heteroatoms. The predicted octanol–water partition coefficient (Wildman–Crippen LogP) is 1.04. The van der Waals surface area contributed by atoms with E-state index in [1.807, 2.05) is 0 Å². The number of aromatic nitrogens is 2. The van der Waals surface area contributed by atoms with Crippen molar-refractivity contribution >= 4 is 15.8 Å². The first-order valence-corrected chi connectivity index (χ1v) is 9.46. The highest BCUT2D eigenvalue weighted by molar-refractivity contribution is 7.85. The number of imidazole rings is 1. The molecule has 1 fully saturated rings. The highest BCUT2D eigenvalue weighted by Crippen LogP contribution is 2.37. The lowest BCUT2D eigenvalue weighted by atomic mass is 10.1. The molecule has 0 amide bonds. The van der Waals surface area contributed by atoms with Crippen LogP contribution in [-0.2, 0) is 36.1 Å². The third-order valence-electron chi connectivity index (χ3n) is 3.80. The van der Waals surface area contributed by atoms with Gasteiger partial charge in [-0.25, -0.2) is 4.98 Å². The van der Waals surface area contributed by atoms with Gasteiger partial charge >= 0.3 is 0 Å². The predicted molar refractivity (Wildman–Crippen MR) is 88.6 cm³/mol. The molecule has 0 saturated carbocycles. The number of hydrogen-bond acceptors (Lipinski definition) is 8. The van der Waals surface area contributed by atoms with Crippen molar-refractivity contribution in [2.24, 2.45) is 0 Å². The fourth-order valence-electron chi connectivity index (χ4n) is 2.63. The molecule has 1 aromatic heterocycles. The summed E-state index contributed by atoms with van der Waals surface area (Å²) in [5, 5.41) is 10.9. The molecular formula is C15H17N3O7S. The number of nitrogens with zero attached hydrogens (tertiary/aromatic N) is 3. The number of rotatable bonds is 7. The molecule has 0 spiro atoms. The highest BCUT2D eigenvalue weighted by Gasteiger charge is 2.44. The van der Waals surface area contributed by atoms with Crippen LogP contribution in [0.25, 0.3) is 0 Å². The molecule has 2 atom stereocenters. The second-order valence-electron chi connectivity index (χ2n) is 5.83. The molecule has 26 heavy (non-hydrogen) atoms. The van der Waals surface area contributed by atoms with Gasteiger partial charge in [0.1, 0.15) is 6.10 Å². The Hall–Kier alpha value is -2.34. The van der Waals surface area contributed by atoms with E-state index in [1.165, 1.54) is 12.1 Å². The number of nitro benzene ring substituents is 1. The zero-order valence-corrected chi connectivity index (χ0v) is 14.7. The summed E-state index contributed by atoms with van der Waals surface area (Å²) in [4.78, 5) is 14.3. The van der Waals surface area contributed by atoms with Crippen LogP contribution in [0.15, 0.2) is 43.0 Å². The molecule has 1 saturated heterocycles. The topological polar surface area (TPSA) is 123 Å². The summed E-state index contributed by atoms with van der Waals surface area (Å²) in [5.41, 5.74) is 0.514. The molecule has 3 rings (SSSR count). The molecule has 140 valence electrons. The third-order valence-corrected chi connectivity index (χ3v) is 4.36. The maximum Gasteiger partial charge on any atom is 0.269 e. The van der Waals surface area contributed by atoms with Crippen LogP contribution in [0.2, 0.25) is 0 Å². The molecule has 1 aliphatic rings. The maximum absolute atomic E-state index is 11.2. The van der Waals surface area contributed by atoms with Gasteiger partial charge in [-0.15, -0.1) is 0 Å². The van der Waals surface area contributed by atoms with Crippen molar-refractivity contribution in [2.75, 3.05) is 19.5 Å². The highest BCUT2D eigenvalue weighted by atomic mass is 32.2.